The van der Waals surface area contributed by atoms with Gasteiger partial charge < -0.3 is 14.2 Å². The summed E-state index contributed by atoms with van der Waals surface area (Å²) >= 11 is 0. The van der Waals surface area contributed by atoms with Gasteiger partial charge in [-0.2, -0.15) is 0 Å². The van der Waals surface area contributed by atoms with Gasteiger partial charge in [0.1, 0.15) is 11.8 Å². The zero-order valence-corrected chi connectivity index (χ0v) is 16.0. The molecular formula is C23H21N3O3. The van der Waals surface area contributed by atoms with E-state index >= 15 is 0 Å². The number of hydrogen-bond donors (Lipinski definition) is 1. The fourth-order valence-corrected chi connectivity index (χ4v) is 3.04. The lowest BCUT2D eigenvalue weighted by Gasteiger charge is -2.17. The molecular weight excluding hydrogens is 366 g/mol. The molecule has 0 fully saturated rings. The Balaban J connectivity index is 1.40. The molecule has 0 aliphatic carbocycles. The molecule has 0 aliphatic heterocycles. The Bertz CT molecular complexity index is 1050. The first-order valence-electron chi connectivity index (χ1n) is 9.46. The van der Waals surface area contributed by atoms with Crippen molar-refractivity contribution in [2.75, 3.05) is 0 Å². The van der Waals surface area contributed by atoms with Gasteiger partial charge in [0.05, 0.1) is 6.26 Å². The van der Waals surface area contributed by atoms with Crippen molar-refractivity contribution in [3.63, 3.8) is 0 Å². The molecule has 0 spiro atoms. The molecule has 2 aromatic heterocycles. The molecule has 4 rings (SSSR count). The van der Waals surface area contributed by atoms with Crippen molar-refractivity contribution in [1.29, 1.82) is 0 Å². The number of rotatable bonds is 7. The number of carbonyl (C=O) groups is 1. The molecule has 0 saturated heterocycles. The van der Waals surface area contributed by atoms with E-state index in [0.717, 1.165) is 16.7 Å². The molecule has 0 aliphatic rings. The lowest BCUT2D eigenvalue weighted by molar-refractivity contribution is -0.121. The fourth-order valence-electron chi connectivity index (χ4n) is 3.04. The Labute approximate surface area is 168 Å². The van der Waals surface area contributed by atoms with Gasteiger partial charge >= 0.3 is 0 Å². The standard InChI is InChI=1S/C23H21N3O3/c1-16-9-11-18(12-10-16)23-26-25-21(29-23)14-13-20(27)24-22(19-8-5-15-28-19)17-6-3-2-4-7-17/h2-12,15,22H,13-14H2,1H3,(H,24,27). The minimum atomic E-state index is -0.343. The molecule has 146 valence electrons. The minimum Gasteiger partial charge on any atom is -0.467 e. The maximum absolute atomic E-state index is 12.6. The van der Waals surface area contributed by atoms with E-state index in [1.807, 2.05) is 73.7 Å². The highest BCUT2D eigenvalue weighted by Gasteiger charge is 2.19. The number of aryl methyl sites for hydroxylation is 2. The predicted octanol–water partition coefficient (Wildman–Crippen LogP) is 4.48. The fraction of sp³-hybridized carbons (Fsp3) is 0.174. The van der Waals surface area contributed by atoms with Crippen LogP contribution in [-0.2, 0) is 11.2 Å². The number of nitrogens with zero attached hydrogens (tertiary/aromatic N) is 2. The maximum Gasteiger partial charge on any atom is 0.247 e. The number of benzene rings is 2. The number of amides is 1. The summed E-state index contributed by atoms with van der Waals surface area (Å²) in [6.07, 6.45) is 2.20. The molecule has 0 saturated carbocycles. The minimum absolute atomic E-state index is 0.120. The van der Waals surface area contributed by atoms with Crippen LogP contribution in [0, 0.1) is 6.92 Å². The quantitative estimate of drug-likeness (QED) is 0.506. The zero-order valence-electron chi connectivity index (χ0n) is 16.0. The van der Waals surface area contributed by atoms with Crippen LogP contribution in [0.3, 0.4) is 0 Å². The summed E-state index contributed by atoms with van der Waals surface area (Å²) < 4.78 is 11.2. The first kappa shape index (κ1) is 18.7. The van der Waals surface area contributed by atoms with Gasteiger partial charge in [-0.05, 0) is 36.8 Å². The Morgan fingerprint density at radius 2 is 1.79 bits per heavy atom. The molecule has 6 heteroatoms. The van der Waals surface area contributed by atoms with Gasteiger partial charge in [-0.3, -0.25) is 4.79 Å². The molecule has 2 aromatic carbocycles. The van der Waals surface area contributed by atoms with Gasteiger partial charge in [-0.1, -0.05) is 48.0 Å². The SMILES string of the molecule is Cc1ccc(-c2nnc(CCC(=O)NC(c3ccccc3)c3ccco3)o2)cc1. The highest BCUT2D eigenvalue weighted by atomic mass is 16.4. The van der Waals surface area contributed by atoms with E-state index in [-0.39, 0.29) is 18.4 Å². The topological polar surface area (TPSA) is 81.2 Å². The van der Waals surface area contributed by atoms with E-state index in [1.54, 1.807) is 6.26 Å². The van der Waals surface area contributed by atoms with Crippen molar-refractivity contribution in [1.82, 2.24) is 15.5 Å². The van der Waals surface area contributed by atoms with Crippen molar-refractivity contribution >= 4 is 5.91 Å². The first-order valence-corrected chi connectivity index (χ1v) is 9.46. The summed E-state index contributed by atoms with van der Waals surface area (Å²) in [6.45, 7) is 2.02. The molecule has 0 radical (unpaired) electrons. The second-order valence-corrected chi connectivity index (χ2v) is 6.79. The summed E-state index contributed by atoms with van der Waals surface area (Å²) in [5.41, 5.74) is 2.98. The summed E-state index contributed by atoms with van der Waals surface area (Å²) in [5, 5.41) is 11.2. The highest BCUT2D eigenvalue weighted by molar-refractivity contribution is 5.77. The van der Waals surface area contributed by atoms with Gasteiger partial charge in [0, 0.05) is 18.4 Å². The van der Waals surface area contributed by atoms with E-state index in [0.29, 0.717) is 24.0 Å². The Kier molecular flexibility index (Phi) is 5.52. The van der Waals surface area contributed by atoms with Crippen LogP contribution < -0.4 is 5.32 Å². The molecule has 0 bridgehead atoms. The lowest BCUT2D eigenvalue weighted by atomic mass is 10.0. The normalized spacial score (nSPS) is 11.9. The van der Waals surface area contributed by atoms with Crippen molar-refractivity contribution in [3.05, 3.63) is 95.8 Å². The lowest BCUT2D eigenvalue weighted by Crippen LogP contribution is -2.29. The van der Waals surface area contributed by atoms with Crippen molar-refractivity contribution in [2.24, 2.45) is 0 Å². The van der Waals surface area contributed by atoms with Crippen LogP contribution in [0.1, 0.15) is 35.2 Å². The van der Waals surface area contributed by atoms with Gasteiger partial charge in [0.2, 0.25) is 17.7 Å². The first-order chi connectivity index (χ1) is 14.2. The van der Waals surface area contributed by atoms with Crippen molar-refractivity contribution in [2.45, 2.75) is 25.8 Å². The van der Waals surface area contributed by atoms with Crippen LogP contribution >= 0.6 is 0 Å². The Hall–Kier alpha value is -3.67. The highest BCUT2D eigenvalue weighted by Crippen LogP contribution is 2.23. The van der Waals surface area contributed by atoms with Crippen LogP contribution in [0.15, 0.2) is 81.8 Å². The number of nitrogens with one attached hydrogen (secondary N) is 1. The van der Waals surface area contributed by atoms with Gasteiger partial charge in [0.15, 0.2) is 0 Å². The maximum atomic E-state index is 12.6. The molecule has 2 heterocycles. The zero-order chi connectivity index (χ0) is 20.1. The molecule has 1 amide bonds. The van der Waals surface area contributed by atoms with Crippen LogP contribution in [0.4, 0.5) is 0 Å². The molecule has 1 atom stereocenters. The Morgan fingerprint density at radius 1 is 1.00 bits per heavy atom. The van der Waals surface area contributed by atoms with E-state index in [2.05, 4.69) is 15.5 Å². The van der Waals surface area contributed by atoms with E-state index < -0.39 is 0 Å². The van der Waals surface area contributed by atoms with Crippen LogP contribution in [-0.4, -0.2) is 16.1 Å². The van der Waals surface area contributed by atoms with Gasteiger partial charge in [-0.15, -0.1) is 10.2 Å². The monoisotopic (exact) mass is 387 g/mol. The third-order valence-corrected chi connectivity index (χ3v) is 4.60. The number of hydrogen-bond acceptors (Lipinski definition) is 5. The smallest absolute Gasteiger partial charge is 0.247 e. The third kappa shape index (κ3) is 4.60. The van der Waals surface area contributed by atoms with Crippen LogP contribution in [0.2, 0.25) is 0 Å². The number of furan rings is 1. The van der Waals surface area contributed by atoms with Gasteiger partial charge in [0.25, 0.3) is 0 Å². The summed E-state index contributed by atoms with van der Waals surface area (Å²) in [4.78, 5) is 12.6. The molecule has 1 unspecified atom stereocenters. The summed E-state index contributed by atoms with van der Waals surface area (Å²) in [7, 11) is 0. The second-order valence-electron chi connectivity index (χ2n) is 6.79. The predicted molar refractivity (Wildman–Crippen MR) is 108 cm³/mol. The average molecular weight is 387 g/mol. The molecule has 4 aromatic rings. The molecule has 29 heavy (non-hydrogen) atoms. The molecule has 6 nitrogen and oxygen atoms in total. The number of carbonyl (C=O) groups excluding carboxylic acids is 1. The van der Waals surface area contributed by atoms with Crippen LogP contribution in [0.25, 0.3) is 11.5 Å². The summed E-state index contributed by atoms with van der Waals surface area (Å²) in [5.74, 6) is 1.46. The average Bonchev–Trinajstić information content (AvgIpc) is 3.44. The van der Waals surface area contributed by atoms with Crippen molar-refractivity contribution < 1.29 is 13.6 Å². The van der Waals surface area contributed by atoms with Crippen molar-refractivity contribution in [3.8, 4) is 11.5 Å². The van der Waals surface area contributed by atoms with Crippen LogP contribution in [0.5, 0.6) is 0 Å². The number of aromatic nitrogens is 2. The van der Waals surface area contributed by atoms with E-state index in [4.69, 9.17) is 8.83 Å². The second kappa shape index (κ2) is 8.56. The third-order valence-electron chi connectivity index (χ3n) is 4.60. The van der Waals surface area contributed by atoms with Gasteiger partial charge in [-0.25, -0.2) is 0 Å². The van der Waals surface area contributed by atoms with E-state index in [1.165, 1.54) is 0 Å². The largest absolute Gasteiger partial charge is 0.467 e. The van der Waals surface area contributed by atoms with E-state index in [9.17, 15) is 4.79 Å². The summed E-state index contributed by atoms with van der Waals surface area (Å²) in [6, 6.07) is 20.9. The Morgan fingerprint density at radius 3 is 2.52 bits per heavy atom. The molecule has 1 N–H and O–H groups in total.